The van der Waals surface area contributed by atoms with Crippen molar-refractivity contribution in [3.8, 4) is 5.75 Å². The highest BCUT2D eigenvalue weighted by Gasteiger charge is 2.37. The van der Waals surface area contributed by atoms with Gasteiger partial charge < -0.3 is 15.5 Å². The van der Waals surface area contributed by atoms with Crippen molar-refractivity contribution in [1.29, 1.82) is 0 Å². The molecule has 2 heterocycles. The predicted octanol–water partition coefficient (Wildman–Crippen LogP) is 4.26. The standard InChI is InChI=1S/C21H22ClN5O2S/c1-11-7-12(2)9-15(8-11)23-20(28)19-18(14-5-6-17(29-4)16(22)10-14)26-27-13(3)24-25-21(27)30-19/h5-10,18-19,26H,1-4H3,(H,23,28)/t18-,19+/m0/s1. The highest BCUT2D eigenvalue weighted by molar-refractivity contribution is 8.00. The van der Waals surface area contributed by atoms with Gasteiger partial charge in [-0.05, 0) is 61.7 Å². The first kappa shape index (κ1) is 20.6. The Labute approximate surface area is 184 Å². The SMILES string of the molecule is COc1ccc([C@@H]2Nn3c(C)nnc3S[C@H]2C(=O)Nc2cc(C)cc(C)c2)cc1Cl. The van der Waals surface area contributed by atoms with E-state index in [0.717, 1.165) is 28.2 Å². The van der Waals surface area contributed by atoms with Crippen molar-refractivity contribution in [2.75, 3.05) is 17.9 Å². The van der Waals surface area contributed by atoms with Crippen LogP contribution >= 0.6 is 23.4 Å². The zero-order valence-corrected chi connectivity index (χ0v) is 18.6. The van der Waals surface area contributed by atoms with Crippen LogP contribution in [0.2, 0.25) is 5.02 Å². The molecule has 1 amide bonds. The average Bonchev–Trinajstić information content (AvgIpc) is 3.06. The van der Waals surface area contributed by atoms with Crippen LogP contribution in [0.4, 0.5) is 5.69 Å². The second kappa shape index (κ2) is 8.20. The summed E-state index contributed by atoms with van der Waals surface area (Å²) in [6.07, 6.45) is 0. The number of thioether (sulfide) groups is 1. The number of carbonyl (C=O) groups excluding carboxylic acids is 1. The van der Waals surface area contributed by atoms with E-state index in [0.29, 0.717) is 15.9 Å². The maximum Gasteiger partial charge on any atom is 0.240 e. The molecule has 0 fully saturated rings. The second-order valence-corrected chi connectivity index (χ2v) is 8.79. The topological polar surface area (TPSA) is 81.1 Å². The quantitative estimate of drug-likeness (QED) is 0.627. The molecule has 1 aliphatic heterocycles. The molecule has 0 saturated heterocycles. The number of halogens is 1. The van der Waals surface area contributed by atoms with Crippen LogP contribution in [0.3, 0.4) is 0 Å². The molecule has 0 spiro atoms. The summed E-state index contributed by atoms with van der Waals surface area (Å²) in [5, 5.41) is 12.0. The number of aryl methyl sites for hydroxylation is 3. The van der Waals surface area contributed by atoms with Gasteiger partial charge >= 0.3 is 0 Å². The molecule has 156 valence electrons. The molecule has 0 bridgehead atoms. The molecule has 9 heteroatoms. The first-order valence-corrected chi connectivity index (χ1v) is 10.7. The summed E-state index contributed by atoms with van der Waals surface area (Å²) in [4.78, 5) is 13.3. The molecule has 0 radical (unpaired) electrons. The van der Waals surface area contributed by atoms with Crippen molar-refractivity contribution in [2.24, 2.45) is 0 Å². The Kier molecular flexibility index (Phi) is 5.62. The largest absolute Gasteiger partial charge is 0.495 e. The minimum absolute atomic E-state index is 0.124. The Balaban J connectivity index is 1.69. The molecule has 2 atom stereocenters. The Bertz CT molecular complexity index is 1100. The highest BCUT2D eigenvalue weighted by Crippen LogP contribution is 2.39. The van der Waals surface area contributed by atoms with E-state index in [4.69, 9.17) is 16.3 Å². The fourth-order valence-corrected chi connectivity index (χ4v) is 4.94. The van der Waals surface area contributed by atoms with Crippen molar-refractivity contribution < 1.29 is 9.53 Å². The molecule has 1 aliphatic rings. The normalized spacial score (nSPS) is 17.8. The van der Waals surface area contributed by atoms with Gasteiger partial charge in [0, 0.05) is 5.69 Å². The minimum Gasteiger partial charge on any atom is -0.495 e. The van der Waals surface area contributed by atoms with Crippen LogP contribution in [0.25, 0.3) is 0 Å². The Morgan fingerprint density at radius 2 is 1.90 bits per heavy atom. The smallest absolute Gasteiger partial charge is 0.240 e. The lowest BCUT2D eigenvalue weighted by molar-refractivity contribution is -0.116. The molecule has 7 nitrogen and oxygen atoms in total. The molecule has 0 saturated carbocycles. The van der Waals surface area contributed by atoms with E-state index in [2.05, 4.69) is 27.0 Å². The Hall–Kier alpha value is -2.71. The summed E-state index contributed by atoms with van der Waals surface area (Å²) in [6, 6.07) is 11.2. The van der Waals surface area contributed by atoms with E-state index < -0.39 is 5.25 Å². The number of fused-ring (bicyclic) bond motifs is 1. The monoisotopic (exact) mass is 443 g/mol. The van der Waals surface area contributed by atoms with Crippen LogP contribution in [0, 0.1) is 20.8 Å². The number of ether oxygens (including phenoxy) is 1. The summed E-state index contributed by atoms with van der Waals surface area (Å²) >= 11 is 7.73. The second-order valence-electron chi connectivity index (χ2n) is 7.27. The zero-order valence-electron chi connectivity index (χ0n) is 17.1. The van der Waals surface area contributed by atoms with Crippen LogP contribution in [0.1, 0.15) is 28.6 Å². The molecule has 0 aliphatic carbocycles. The molecule has 4 rings (SSSR count). The van der Waals surface area contributed by atoms with Gasteiger partial charge in [0.15, 0.2) is 0 Å². The first-order chi connectivity index (χ1) is 14.4. The summed E-state index contributed by atoms with van der Waals surface area (Å²) in [6.45, 7) is 5.87. The number of hydrogen-bond acceptors (Lipinski definition) is 6. The third kappa shape index (κ3) is 3.97. The minimum atomic E-state index is -0.480. The fraction of sp³-hybridized carbons (Fsp3) is 0.286. The summed E-state index contributed by atoms with van der Waals surface area (Å²) < 4.78 is 7.06. The van der Waals surface area contributed by atoms with Crippen LogP contribution in [0.5, 0.6) is 5.75 Å². The third-order valence-corrected chi connectivity index (χ3v) is 6.39. The number of anilines is 1. The summed E-state index contributed by atoms with van der Waals surface area (Å²) in [5.41, 5.74) is 7.20. The number of carbonyl (C=O) groups is 1. The van der Waals surface area contributed by atoms with Crippen molar-refractivity contribution >= 4 is 35.0 Å². The van der Waals surface area contributed by atoms with E-state index in [1.165, 1.54) is 11.8 Å². The molecular weight excluding hydrogens is 422 g/mol. The highest BCUT2D eigenvalue weighted by atomic mass is 35.5. The lowest BCUT2D eigenvalue weighted by Crippen LogP contribution is -2.41. The van der Waals surface area contributed by atoms with E-state index in [9.17, 15) is 4.79 Å². The average molecular weight is 444 g/mol. The van der Waals surface area contributed by atoms with E-state index in [1.54, 1.807) is 17.9 Å². The number of nitrogens with one attached hydrogen (secondary N) is 2. The number of benzene rings is 2. The summed E-state index contributed by atoms with van der Waals surface area (Å²) in [5.74, 6) is 1.18. The molecular formula is C21H22ClN5O2S. The lowest BCUT2D eigenvalue weighted by Gasteiger charge is -2.33. The first-order valence-electron chi connectivity index (χ1n) is 9.43. The van der Waals surface area contributed by atoms with Crippen molar-refractivity contribution in [3.05, 3.63) is 63.9 Å². The molecule has 2 N–H and O–H groups in total. The van der Waals surface area contributed by atoms with Crippen molar-refractivity contribution in [2.45, 2.75) is 37.2 Å². The van der Waals surface area contributed by atoms with Gasteiger partial charge in [0.2, 0.25) is 11.1 Å². The number of rotatable bonds is 4. The van der Waals surface area contributed by atoms with Gasteiger partial charge in [-0.15, -0.1) is 10.2 Å². The van der Waals surface area contributed by atoms with Gasteiger partial charge in [0.1, 0.15) is 16.8 Å². The van der Waals surface area contributed by atoms with Crippen LogP contribution < -0.4 is 15.5 Å². The van der Waals surface area contributed by atoms with E-state index in [-0.39, 0.29) is 11.9 Å². The summed E-state index contributed by atoms with van der Waals surface area (Å²) in [7, 11) is 1.57. The van der Waals surface area contributed by atoms with E-state index >= 15 is 0 Å². The maximum atomic E-state index is 13.3. The molecule has 30 heavy (non-hydrogen) atoms. The van der Waals surface area contributed by atoms with Gasteiger partial charge in [-0.1, -0.05) is 35.5 Å². The van der Waals surface area contributed by atoms with Gasteiger partial charge in [-0.25, -0.2) is 4.68 Å². The van der Waals surface area contributed by atoms with E-state index in [1.807, 2.05) is 45.0 Å². The number of amides is 1. The third-order valence-electron chi connectivity index (χ3n) is 4.88. The number of aromatic nitrogens is 3. The lowest BCUT2D eigenvalue weighted by atomic mass is 10.0. The molecule has 2 aromatic carbocycles. The van der Waals surface area contributed by atoms with Crippen molar-refractivity contribution in [3.63, 3.8) is 0 Å². The predicted molar refractivity (Wildman–Crippen MR) is 119 cm³/mol. The van der Waals surface area contributed by atoms with Crippen LogP contribution in [0.15, 0.2) is 41.6 Å². The molecule has 3 aromatic rings. The maximum absolute atomic E-state index is 13.3. The van der Waals surface area contributed by atoms with Gasteiger partial charge in [-0.3, -0.25) is 4.79 Å². The molecule has 1 aromatic heterocycles. The van der Waals surface area contributed by atoms with Gasteiger partial charge in [0.25, 0.3) is 0 Å². The Morgan fingerprint density at radius 3 is 2.57 bits per heavy atom. The number of nitrogens with zero attached hydrogens (tertiary/aromatic N) is 3. The number of hydrogen-bond donors (Lipinski definition) is 2. The number of methoxy groups -OCH3 is 1. The van der Waals surface area contributed by atoms with Crippen molar-refractivity contribution in [1.82, 2.24) is 14.9 Å². The van der Waals surface area contributed by atoms with Crippen LogP contribution in [-0.4, -0.2) is 33.1 Å². The van der Waals surface area contributed by atoms with Gasteiger partial charge in [0.05, 0.1) is 18.2 Å². The fourth-order valence-electron chi connectivity index (χ4n) is 3.55. The van der Waals surface area contributed by atoms with Gasteiger partial charge in [-0.2, -0.15) is 0 Å². The molecule has 0 unspecified atom stereocenters. The van der Waals surface area contributed by atoms with Crippen LogP contribution in [-0.2, 0) is 4.79 Å². The Morgan fingerprint density at radius 1 is 1.17 bits per heavy atom. The zero-order chi connectivity index (χ0) is 21.4.